The third kappa shape index (κ3) is 4.45. The SMILES string of the molecule is Oc1c(Br)cc(CNCC2(O)CCCCCC2)cc1Br. The van der Waals surface area contributed by atoms with Crippen molar-refractivity contribution in [2.75, 3.05) is 6.54 Å². The summed E-state index contributed by atoms with van der Waals surface area (Å²) in [6, 6.07) is 3.79. The van der Waals surface area contributed by atoms with E-state index in [-0.39, 0.29) is 5.75 Å². The first-order valence-electron chi connectivity index (χ1n) is 7.10. The number of hydrogen-bond donors (Lipinski definition) is 3. The molecule has 1 saturated carbocycles. The Balaban J connectivity index is 1.89. The second-order valence-electron chi connectivity index (χ2n) is 5.65. The zero-order valence-corrected chi connectivity index (χ0v) is 14.6. The molecule has 0 aliphatic heterocycles. The van der Waals surface area contributed by atoms with Crippen molar-refractivity contribution < 1.29 is 10.2 Å². The summed E-state index contributed by atoms with van der Waals surface area (Å²) in [7, 11) is 0. The van der Waals surface area contributed by atoms with Gasteiger partial charge in [0.2, 0.25) is 0 Å². The summed E-state index contributed by atoms with van der Waals surface area (Å²) in [5.41, 5.74) is 0.515. The lowest BCUT2D eigenvalue weighted by Gasteiger charge is -2.27. The number of rotatable bonds is 4. The Bertz CT molecular complexity index is 434. The van der Waals surface area contributed by atoms with Gasteiger partial charge in [-0.3, -0.25) is 0 Å². The molecule has 0 aromatic heterocycles. The zero-order valence-electron chi connectivity index (χ0n) is 11.5. The van der Waals surface area contributed by atoms with E-state index < -0.39 is 5.60 Å². The fourth-order valence-corrected chi connectivity index (χ4v) is 4.00. The molecule has 0 heterocycles. The van der Waals surface area contributed by atoms with Crippen molar-refractivity contribution in [1.82, 2.24) is 5.32 Å². The van der Waals surface area contributed by atoms with Crippen LogP contribution in [0.4, 0.5) is 0 Å². The van der Waals surface area contributed by atoms with Crippen LogP contribution in [0.1, 0.15) is 44.1 Å². The topological polar surface area (TPSA) is 52.5 Å². The Morgan fingerprint density at radius 3 is 2.15 bits per heavy atom. The van der Waals surface area contributed by atoms with Crippen LogP contribution in [-0.2, 0) is 6.54 Å². The number of benzene rings is 1. The van der Waals surface area contributed by atoms with Crippen molar-refractivity contribution in [1.29, 1.82) is 0 Å². The van der Waals surface area contributed by atoms with E-state index >= 15 is 0 Å². The fourth-order valence-electron chi connectivity index (χ4n) is 2.72. The van der Waals surface area contributed by atoms with E-state index in [1.807, 2.05) is 12.1 Å². The van der Waals surface area contributed by atoms with Crippen LogP contribution in [0, 0.1) is 0 Å². The van der Waals surface area contributed by atoms with E-state index in [1.165, 1.54) is 12.8 Å². The smallest absolute Gasteiger partial charge is 0.143 e. The van der Waals surface area contributed by atoms with Crippen LogP contribution in [0.3, 0.4) is 0 Å². The minimum Gasteiger partial charge on any atom is -0.506 e. The third-order valence-corrected chi connectivity index (χ3v) is 5.10. The van der Waals surface area contributed by atoms with Crippen molar-refractivity contribution in [3.63, 3.8) is 0 Å². The molecule has 2 rings (SSSR count). The first-order chi connectivity index (χ1) is 9.50. The highest BCUT2D eigenvalue weighted by molar-refractivity contribution is 9.11. The van der Waals surface area contributed by atoms with E-state index in [0.29, 0.717) is 22.0 Å². The highest BCUT2D eigenvalue weighted by Crippen LogP contribution is 2.33. The second kappa shape index (κ2) is 7.25. The van der Waals surface area contributed by atoms with Gasteiger partial charge in [-0.25, -0.2) is 0 Å². The van der Waals surface area contributed by atoms with Gasteiger partial charge in [-0.15, -0.1) is 0 Å². The molecular formula is C15H21Br2NO2. The van der Waals surface area contributed by atoms with Crippen LogP contribution in [0.25, 0.3) is 0 Å². The van der Waals surface area contributed by atoms with Gasteiger partial charge in [-0.2, -0.15) is 0 Å². The quantitative estimate of drug-likeness (QED) is 0.660. The van der Waals surface area contributed by atoms with Gasteiger partial charge in [0.1, 0.15) is 5.75 Å². The highest BCUT2D eigenvalue weighted by Gasteiger charge is 2.27. The van der Waals surface area contributed by atoms with Crippen molar-refractivity contribution in [3.8, 4) is 5.75 Å². The molecule has 0 radical (unpaired) electrons. The van der Waals surface area contributed by atoms with Gasteiger partial charge in [-0.05, 0) is 62.4 Å². The molecule has 1 aliphatic carbocycles. The molecule has 0 saturated heterocycles. The Morgan fingerprint density at radius 2 is 1.60 bits per heavy atom. The fraction of sp³-hybridized carbons (Fsp3) is 0.600. The van der Waals surface area contributed by atoms with Gasteiger partial charge >= 0.3 is 0 Å². The number of aromatic hydroxyl groups is 1. The number of phenols is 1. The summed E-state index contributed by atoms with van der Waals surface area (Å²) in [5.74, 6) is 0.219. The lowest BCUT2D eigenvalue weighted by Crippen LogP contribution is -2.39. The van der Waals surface area contributed by atoms with E-state index in [2.05, 4.69) is 37.2 Å². The first-order valence-corrected chi connectivity index (χ1v) is 8.69. The average molecular weight is 407 g/mol. The summed E-state index contributed by atoms with van der Waals surface area (Å²) in [5, 5.41) is 23.6. The van der Waals surface area contributed by atoms with Crippen LogP contribution < -0.4 is 5.32 Å². The maximum Gasteiger partial charge on any atom is 0.143 e. The first kappa shape index (κ1) is 16.3. The summed E-state index contributed by atoms with van der Waals surface area (Å²) in [4.78, 5) is 0. The van der Waals surface area contributed by atoms with Gasteiger partial charge in [0, 0.05) is 13.1 Å². The summed E-state index contributed by atoms with van der Waals surface area (Å²) in [6.45, 7) is 1.31. The largest absolute Gasteiger partial charge is 0.506 e. The molecule has 112 valence electrons. The minimum absolute atomic E-state index is 0.219. The van der Waals surface area contributed by atoms with E-state index in [0.717, 1.165) is 31.2 Å². The Kier molecular flexibility index (Phi) is 5.90. The Hall–Kier alpha value is -0.100. The highest BCUT2D eigenvalue weighted by atomic mass is 79.9. The predicted octanol–water partition coefficient (Wildman–Crippen LogP) is 4.09. The monoisotopic (exact) mass is 405 g/mol. The van der Waals surface area contributed by atoms with Crippen LogP contribution in [0.2, 0.25) is 0 Å². The molecular weight excluding hydrogens is 386 g/mol. The summed E-state index contributed by atoms with van der Waals surface area (Å²) in [6.07, 6.45) is 6.50. The molecule has 1 fully saturated rings. The van der Waals surface area contributed by atoms with E-state index in [1.54, 1.807) is 0 Å². The van der Waals surface area contributed by atoms with Gasteiger partial charge in [0.05, 0.1) is 14.5 Å². The molecule has 1 aliphatic rings. The maximum atomic E-state index is 10.6. The van der Waals surface area contributed by atoms with E-state index in [9.17, 15) is 10.2 Å². The summed E-state index contributed by atoms with van der Waals surface area (Å²) < 4.78 is 1.36. The van der Waals surface area contributed by atoms with Crippen molar-refractivity contribution in [3.05, 3.63) is 26.6 Å². The molecule has 0 unspecified atom stereocenters. The molecule has 3 nitrogen and oxygen atoms in total. The second-order valence-corrected chi connectivity index (χ2v) is 7.36. The molecule has 20 heavy (non-hydrogen) atoms. The Labute approximate surface area is 137 Å². The van der Waals surface area contributed by atoms with Gasteiger partial charge < -0.3 is 15.5 Å². The average Bonchev–Trinajstić information content (AvgIpc) is 2.61. The van der Waals surface area contributed by atoms with Crippen molar-refractivity contribution in [2.24, 2.45) is 0 Å². The van der Waals surface area contributed by atoms with Crippen molar-refractivity contribution in [2.45, 2.75) is 50.7 Å². The Morgan fingerprint density at radius 1 is 1.05 bits per heavy atom. The number of phenolic OH excluding ortho intramolecular Hbond substituents is 1. The maximum absolute atomic E-state index is 10.6. The van der Waals surface area contributed by atoms with Crippen molar-refractivity contribution >= 4 is 31.9 Å². The zero-order chi connectivity index (χ0) is 14.6. The molecule has 5 heteroatoms. The predicted molar refractivity (Wildman–Crippen MR) is 87.9 cm³/mol. The van der Waals surface area contributed by atoms with Crippen LogP contribution in [-0.4, -0.2) is 22.4 Å². The number of hydrogen-bond acceptors (Lipinski definition) is 3. The molecule has 0 spiro atoms. The van der Waals surface area contributed by atoms with Gasteiger partial charge in [0.15, 0.2) is 0 Å². The normalized spacial score (nSPS) is 18.8. The van der Waals surface area contributed by atoms with E-state index in [4.69, 9.17) is 0 Å². The molecule has 1 aromatic rings. The van der Waals surface area contributed by atoms with Crippen LogP contribution >= 0.6 is 31.9 Å². The molecule has 0 bridgehead atoms. The minimum atomic E-state index is -0.554. The molecule has 1 aromatic carbocycles. The number of nitrogens with one attached hydrogen (secondary N) is 1. The molecule has 3 N–H and O–H groups in total. The van der Waals surface area contributed by atoms with Crippen LogP contribution in [0.5, 0.6) is 5.75 Å². The number of halogens is 2. The van der Waals surface area contributed by atoms with Gasteiger partial charge in [0.25, 0.3) is 0 Å². The van der Waals surface area contributed by atoms with Crippen LogP contribution in [0.15, 0.2) is 21.1 Å². The summed E-state index contributed by atoms with van der Waals surface area (Å²) >= 11 is 6.66. The van der Waals surface area contributed by atoms with Gasteiger partial charge in [-0.1, -0.05) is 25.7 Å². The molecule has 0 atom stereocenters. The standard InChI is InChI=1S/C15H21Br2NO2/c16-12-7-11(8-13(17)14(12)19)9-18-10-15(20)5-3-1-2-4-6-15/h7-8,18-20H,1-6,9-10H2. The lowest BCUT2D eigenvalue weighted by atomic mass is 9.94. The molecule has 0 amide bonds. The third-order valence-electron chi connectivity index (χ3n) is 3.89. The number of aliphatic hydroxyl groups is 1. The lowest BCUT2D eigenvalue weighted by molar-refractivity contribution is 0.0250.